The van der Waals surface area contributed by atoms with Crippen LogP contribution < -0.4 is 20.1 Å². The van der Waals surface area contributed by atoms with Gasteiger partial charge in [-0.1, -0.05) is 18.2 Å². The molecule has 0 bridgehead atoms. The summed E-state index contributed by atoms with van der Waals surface area (Å²) in [6.45, 7) is 7.99. The third kappa shape index (κ3) is 6.25. The third-order valence-electron chi connectivity index (χ3n) is 4.44. The van der Waals surface area contributed by atoms with Gasteiger partial charge in [-0.3, -0.25) is 0 Å². The van der Waals surface area contributed by atoms with E-state index < -0.39 is 0 Å². The lowest BCUT2D eigenvalue weighted by Crippen LogP contribution is -2.41. The molecule has 0 aliphatic heterocycles. The van der Waals surface area contributed by atoms with E-state index >= 15 is 0 Å². The van der Waals surface area contributed by atoms with E-state index in [2.05, 4.69) is 38.0 Å². The molecule has 0 fully saturated rings. The fourth-order valence-electron chi connectivity index (χ4n) is 2.99. The molecule has 0 spiro atoms. The number of methoxy groups -OCH3 is 1. The Bertz CT molecular complexity index is 973. The van der Waals surface area contributed by atoms with Crippen LogP contribution in [-0.2, 0) is 6.54 Å². The molecule has 7 nitrogen and oxygen atoms in total. The molecule has 162 valence electrons. The highest BCUT2D eigenvalue weighted by molar-refractivity contribution is 14.0. The summed E-state index contributed by atoms with van der Waals surface area (Å²) >= 11 is 0. The first-order valence-electron chi connectivity index (χ1n) is 9.86. The van der Waals surface area contributed by atoms with Crippen molar-refractivity contribution in [3.63, 3.8) is 0 Å². The molecule has 2 aromatic heterocycles. The van der Waals surface area contributed by atoms with Crippen molar-refractivity contribution in [3.05, 3.63) is 60.0 Å². The second-order valence-corrected chi connectivity index (χ2v) is 6.78. The molecule has 0 aliphatic carbocycles. The summed E-state index contributed by atoms with van der Waals surface area (Å²) in [6, 6.07) is 13.7. The highest BCUT2D eigenvalue weighted by atomic mass is 127. The number of aryl methyl sites for hydroxylation is 1. The smallest absolute Gasteiger partial charge is 0.191 e. The molecule has 30 heavy (non-hydrogen) atoms. The Labute approximate surface area is 194 Å². The molecule has 0 saturated heterocycles. The van der Waals surface area contributed by atoms with Crippen LogP contribution in [0.4, 0.5) is 0 Å². The molecular formula is C22H30IN5O2. The molecule has 1 atom stereocenters. The molecule has 3 aromatic rings. The number of nitrogens with zero attached hydrogens (tertiary/aromatic N) is 3. The zero-order valence-electron chi connectivity index (χ0n) is 17.9. The zero-order valence-corrected chi connectivity index (χ0v) is 20.2. The van der Waals surface area contributed by atoms with Gasteiger partial charge in [-0.15, -0.1) is 24.0 Å². The number of benzene rings is 1. The maximum atomic E-state index is 5.99. The fourth-order valence-corrected chi connectivity index (χ4v) is 2.99. The second kappa shape index (κ2) is 11.6. The lowest BCUT2D eigenvalue weighted by molar-refractivity contribution is 0.213. The number of pyridine rings is 1. The molecule has 1 aromatic carbocycles. The van der Waals surface area contributed by atoms with Crippen LogP contribution in [-0.4, -0.2) is 41.6 Å². The number of aliphatic imine (C=N–C) groups is 1. The van der Waals surface area contributed by atoms with Gasteiger partial charge < -0.3 is 24.5 Å². The van der Waals surface area contributed by atoms with Crippen molar-refractivity contribution in [2.24, 2.45) is 4.99 Å². The summed E-state index contributed by atoms with van der Waals surface area (Å²) in [5.41, 5.74) is 3.01. The van der Waals surface area contributed by atoms with Crippen molar-refractivity contribution in [3.8, 4) is 11.5 Å². The van der Waals surface area contributed by atoms with E-state index in [9.17, 15) is 0 Å². The third-order valence-corrected chi connectivity index (χ3v) is 4.44. The number of imidazole rings is 1. The molecule has 0 radical (unpaired) electrons. The molecule has 0 aliphatic rings. The quantitative estimate of drug-likeness (QED) is 0.267. The van der Waals surface area contributed by atoms with Crippen molar-refractivity contribution >= 4 is 35.6 Å². The maximum absolute atomic E-state index is 5.99. The molecule has 0 amide bonds. The number of aromatic nitrogens is 2. The highest BCUT2D eigenvalue weighted by Crippen LogP contribution is 2.26. The molecule has 8 heteroatoms. The first kappa shape index (κ1) is 23.8. The number of ether oxygens (including phenoxy) is 2. The van der Waals surface area contributed by atoms with Crippen LogP contribution in [0.15, 0.2) is 53.7 Å². The standard InChI is InChI=1S/C22H29N5O2.HI/c1-5-23-22(24-13-17(3)29-20-11-7-6-10-19(20)28-4)25-14-18-15-27-16(2)9-8-12-21(27)26-18;/h6-12,15,17H,5,13-14H2,1-4H3,(H2,23,24,25);1H. The highest BCUT2D eigenvalue weighted by Gasteiger charge is 2.10. The minimum absolute atomic E-state index is 0. The van der Waals surface area contributed by atoms with Crippen LogP contribution in [0.25, 0.3) is 5.65 Å². The Morgan fingerprint density at radius 3 is 2.60 bits per heavy atom. The summed E-state index contributed by atoms with van der Waals surface area (Å²) in [5, 5.41) is 6.60. The minimum atomic E-state index is -0.0620. The van der Waals surface area contributed by atoms with E-state index in [-0.39, 0.29) is 30.1 Å². The van der Waals surface area contributed by atoms with Gasteiger partial charge in [-0.2, -0.15) is 0 Å². The number of nitrogens with one attached hydrogen (secondary N) is 2. The van der Waals surface area contributed by atoms with Gasteiger partial charge in [-0.05, 0) is 45.0 Å². The zero-order chi connectivity index (χ0) is 20.6. The van der Waals surface area contributed by atoms with Crippen molar-refractivity contribution in [2.45, 2.75) is 33.4 Å². The number of guanidine groups is 1. The number of fused-ring (bicyclic) bond motifs is 1. The summed E-state index contributed by atoms with van der Waals surface area (Å²) in [7, 11) is 1.64. The monoisotopic (exact) mass is 523 g/mol. The fraction of sp³-hybridized carbons (Fsp3) is 0.364. The SMILES string of the molecule is CCNC(=NCc1cn2c(C)cccc2n1)NCC(C)Oc1ccccc1OC.I. The lowest BCUT2D eigenvalue weighted by Gasteiger charge is -2.19. The van der Waals surface area contributed by atoms with Gasteiger partial charge in [-0.25, -0.2) is 9.98 Å². The molecule has 2 heterocycles. The van der Waals surface area contributed by atoms with Crippen LogP contribution in [0.5, 0.6) is 11.5 Å². The molecular weight excluding hydrogens is 493 g/mol. The molecule has 0 saturated carbocycles. The second-order valence-electron chi connectivity index (χ2n) is 6.78. The van der Waals surface area contributed by atoms with Crippen molar-refractivity contribution in [1.82, 2.24) is 20.0 Å². The Morgan fingerprint density at radius 1 is 1.13 bits per heavy atom. The van der Waals surface area contributed by atoms with E-state index in [4.69, 9.17) is 9.47 Å². The first-order valence-corrected chi connectivity index (χ1v) is 9.86. The summed E-state index contributed by atoms with van der Waals surface area (Å²) in [5.74, 6) is 2.19. The molecule has 3 rings (SSSR count). The van der Waals surface area contributed by atoms with Gasteiger partial charge in [0.15, 0.2) is 17.5 Å². The normalized spacial score (nSPS) is 12.2. The van der Waals surface area contributed by atoms with Gasteiger partial charge in [0.2, 0.25) is 0 Å². The van der Waals surface area contributed by atoms with Gasteiger partial charge in [0.05, 0.1) is 25.9 Å². The van der Waals surface area contributed by atoms with Crippen molar-refractivity contribution < 1.29 is 9.47 Å². The van der Waals surface area contributed by atoms with Crippen molar-refractivity contribution in [2.75, 3.05) is 20.2 Å². The lowest BCUT2D eigenvalue weighted by atomic mass is 10.3. The molecule has 2 N–H and O–H groups in total. The van der Waals surface area contributed by atoms with Gasteiger partial charge in [0.1, 0.15) is 11.8 Å². The van der Waals surface area contributed by atoms with E-state index in [0.29, 0.717) is 13.1 Å². The van der Waals surface area contributed by atoms with E-state index in [1.807, 2.05) is 56.4 Å². The van der Waals surface area contributed by atoms with Crippen LogP contribution in [0.1, 0.15) is 25.2 Å². The Balaban J connectivity index is 0.00000320. The molecule has 1 unspecified atom stereocenters. The predicted molar refractivity (Wildman–Crippen MR) is 131 cm³/mol. The van der Waals surface area contributed by atoms with Crippen LogP contribution in [0.2, 0.25) is 0 Å². The summed E-state index contributed by atoms with van der Waals surface area (Å²) in [6.07, 6.45) is 1.97. The predicted octanol–water partition coefficient (Wildman–Crippen LogP) is 3.79. The maximum Gasteiger partial charge on any atom is 0.191 e. The first-order chi connectivity index (χ1) is 14.1. The topological polar surface area (TPSA) is 72.2 Å². The average Bonchev–Trinajstić information content (AvgIpc) is 3.15. The average molecular weight is 523 g/mol. The van der Waals surface area contributed by atoms with Crippen LogP contribution in [0, 0.1) is 6.92 Å². The van der Waals surface area contributed by atoms with Crippen LogP contribution >= 0.6 is 24.0 Å². The van der Waals surface area contributed by atoms with E-state index in [1.165, 1.54) is 0 Å². The summed E-state index contributed by atoms with van der Waals surface area (Å²) < 4.78 is 13.4. The minimum Gasteiger partial charge on any atom is -0.493 e. The number of rotatable bonds is 8. The van der Waals surface area contributed by atoms with Crippen molar-refractivity contribution in [1.29, 1.82) is 0 Å². The van der Waals surface area contributed by atoms with Gasteiger partial charge >= 0.3 is 0 Å². The number of para-hydroxylation sites is 2. The Morgan fingerprint density at radius 2 is 1.90 bits per heavy atom. The van der Waals surface area contributed by atoms with Gasteiger partial charge in [0.25, 0.3) is 0 Å². The number of hydrogen-bond donors (Lipinski definition) is 2. The summed E-state index contributed by atoms with van der Waals surface area (Å²) in [4.78, 5) is 9.30. The Kier molecular flexibility index (Phi) is 9.22. The van der Waals surface area contributed by atoms with E-state index in [0.717, 1.165) is 41.0 Å². The number of hydrogen-bond acceptors (Lipinski definition) is 4. The largest absolute Gasteiger partial charge is 0.493 e. The van der Waals surface area contributed by atoms with E-state index in [1.54, 1.807) is 7.11 Å². The number of halogens is 1. The van der Waals surface area contributed by atoms with Crippen LogP contribution in [0.3, 0.4) is 0 Å². The van der Waals surface area contributed by atoms with Gasteiger partial charge in [0, 0.05) is 18.4 Å². The Hall–Kier alpha value is -2.49.